The SMILES string of the molecule is O=S1(=O)N=C(CN2CCCC(CN3CCN(c4ccccn4)CC3)C2)Nc2ccccc21. The molecule has 0 saturated carbocycles. The van der Waals surface area contributed by atoms with Gasteiger partial charge in [0.15, 0.2) is 0 Å². The summed E-state index contributed by atoms with van der Waals surface area (Å²) in [5.41, 5.74) is 0.622. The van der Waals surface area contributed by atoms with Gasteiger partial charge in [-0.05, 0) is 49.6 Å². The number of piperidine rings is 1. The monoisotopic (exact) mass is 454 g/mol. The van der Waals surface area contributed by atoms with E-state index in [0.717, 1.165) is 58.1 Å². The molecule has 9 heteroatoms. The van der Waals surface area contributed by atoms with Crippen molar-refractivity contribution in [1.29, 1.82) is 0 Å². The first-order chi connectivity index (χ1) is 15.6. The van der Waals surface area contributed by atoms with E-state index in [9.17, 15) is 8.42 Å². The minimum absolute atomic E-state index is 0.255. The average molecular weight is 455 g/mol. The Balaban J connectivity index is 1.14. The predicted molar refractivity (Wildman–Crippen MR) is 127 cm³/mol. The Morgan fingerprint density at radius 2 is 1.78 bits per heavy atom. The van der Waals surface area contributed by atoms with Gasteiger partial charge >= 0.3 is 0 Å². The molecule has 2 aromatic rings. The number of nitrogens with zero attached hydrogens (tertiary/aromatic N) is 5. The van der Waals surface area contributed by atoms with Crippen LogP contribution >= 0.6 is 0 Å². The van der Waals surface area contributed by atoms with Crippen molar-refractivity contribution in [3.8, 4) is 0 Å². The molecular formula is C23H30N6O2S. The van der Waals surface area contributed by atoms with Crippen LogP contribution in [0.4, 0.5) is 11.5 Å². The molecule has 1 N–H and O–H groups in total. The van der Waals surface area contributed by atoms with Gasteiger partial charge in [0.25, 0.3) is 10.0 Å². The maximum atomic E-state index is 12.5. The number of anilines is 2. The summed E-state index contributed by atoms with van der Waals surface area (Å²) < 4.78 is 29.1. The van der Waals surface area contributed by atoms with Crippen molar-refractivity contribution in [3.63, 3.8) is 0 Å². The molecule has 3 aliphatic rings. The molecule has 2 fully saturated rings. The third-order valence-electron chi connectivity index (χ3n) is 6.51. The first-order valence-electron chi connectivity index (χ1n) is 11.4. The second-order valence-corrected chi connectivity index (χ2v) is 10.4. The maximum absolute atomic E-state index is 12.5. The number of para-hydroxylation sites is 1. The molecule has 1 aromatic heterocycles. The van der Waals surface area contributed by atoms with Crippen molar-refractivity contribution in [1.82, 2.24) is 14.8 Å². The van der Waals surface area contributed by atoms with Crippen LogP contribution in [0, 0.1) is 5.92 Å². The number of hydrogen-bond donors (Lipinski definition) is 1. The fraction of sp³-hybridized carbons (Fsp3) is 0.478. The third kappa shape index (κ3) is 4.79. The van der Waals surface area contributed by atoms with Crippen molar-refractivity contribution >= 4 is 27.4 Å². The summed E-state index contributed by atoms with van der Waals surface area (Å²) in [5.74, 6) is 2.18. The molecule has 5 rings (SSSR count). The number of sulfonamides is 1. The van der Waals surface area contributed by atoms with Crippen LogP contribution in [-0.4, -0.2) is 81.4 Å². The molecule has 170 valence electrons. The number of nitrogens with one attached hydrogen (secondary N) is 1. The lowest BCUT2D eigenvalue weighted by Gasteiger charge is -2.39. The first-order valence-corrected chi connectivity index (χ1v) is 12.8. The lowest BCUT2D eigenvalue weighted by molar-refractivity contribution is 0.140. The number of benzene rings is 1. The fourth-order valence-corrected chi connectivity index (χ4v) is 6.10. The molecule has 1 atom stereocenters. The zero-order valence-electron chi connectivity index (χ0n) is 18.2. The molecule has 32 heavy (non-hydrogen) atoms. The molecule has 0 spiro atoms. The number of hydrogen-bond acceptors (Lipinski definition) is 7. The number of fused-ring (bicyclic) bond motifs is 1. The molecule has 8 nitrogen and oxygen atoms in total. The van der Waals surface area contributed by atoms with Crippen LogP contribution in [0.3, 0.4) is 0 Å². The van der Waals surface area contributed by atoms with Gasteiger partial charge < -0.3 is 10.2 Å². The number of piperazine rings is 1. The van der Waals surface area contributed by atoms with E-state index in [1.165, 1.54) is 6.42 Å². The lowest BCUT2D eigenvalue weighted by Crippen LogP contribution is -2.50. The second kappa shape index (κ2) is 9.17. The normalized spacial score (nSPS) is 23.8. The van der Waals surface area contributed by atoms with Crippen LogP contribution in [0.1, 0.15) is 12.8 Å². The van der Waals surface area contributed by atoms with Crippen molar-refractivity contribution < 1.29 is 8.42 Å². The fourth-order valence-electron chi connectivity index (χ4n) is 4.96. The molecule has 1 aromatic carbocycles. The van der Waals surface area contributed by atoms with Gasteiger partial charge in [-0.15, -0.1) is 4.40 Å². The molecule has 1 unspecified atom stereocenters. The van der Waals surface area contributed by atoms with Gasteiger partial charge in [-0.3, -0.25) is 9.80 Å². The highest BCUT2D eigenvalue weighted by Crippen LogP contribution is 2.27. The van der Waals surface area contributed by atoms with Gasteiger partial charge in [-0.2, -0.15) is 8.42 Å². The van der Waals surface area contributed by atoms with Crippen LogP contribution in [0.5, 0.6) is 0 Å². The van der Waals surface area contributed by atoms with Crippen molar-refractivity contribution in [2.45, 2.75) is 17.7 Å². The minimum Gasteiger partial charge on any atom is -0.354 e. The van der Waals surface area contributed by atoms with E-state index in [1.54, 1.807) is 18.2 Å². The Labute approximate surface area is 190 Å². The van der Waals surface area contributed by atoms with E-state index >= 15 is 0 Å². The van der Waals surface area contributed by atoms with Crippen LogP contribution in [0.25, 0.3) is 0 Å². The lowest BCUT2D eigenvalue weighted by atomic mass is 9.97. The van der Waals surface area contributed by atoms with Crippen molar-refractivity contribution in [2.24, 2.45) is 10.3 Å². The Kier molecular flexibility index (Phi) is 6.12. The average Bonchev–Trinajstić information content (AvgIpc) is 2.80. The Hall–Kier alpha value is -2.49. The molecule has 0 bridgehead atoms. The summed E-state index contributed by atoms with van der Waals surface area (Å²) in [5, 5.41) is 3.22. The summed E-state index contributed by atoms with van der Waals surface area (Å²) in [7, 11) is -3.63. The van der Waals surface area contributed by atoms with E-state index in [4.69, 9.17) is 0 Å². The molecule has 3 aliphatic heterocycles. The Morgan fingerprint density at radius 3 is 2.59 bits per heavy atom. The molecule has 0 amide bonds. The maximum Gasteiger partial charge on any atom is 0.286 e. The Bertz CT molecular complexity index is 1070. The highest BCUT2D eigenvalue weighted by Gasteiger charge is 2.28. The van der Waals surface area contributed by atoms with Crippen LogP contribution in [0.15, 0.2) is 58.0 Å². The number of aromatic nitrogens is 1. The quantitative estimate of drug-likeness (QED) is 0.741. The molecular weight excluding hydrogens is 424 g/mol. The van der Waals surface area contributed by atoms with Gasteiger partial charge in [0.1, 0.15) is 16.5 Å². The second-order valence-electron chi connectivity index (χ2n) is 8.85. The van der Waals surface area contributed by atoms with E-state index in [-0.39, 0.29) is 4.90 Å². The predicted octanol–water partition coefficient (Wildman–Crippen LogP) is 2.13. The summed E-state index contributed by atoms with van der Waals surface area (Å²) in [6.45, 7) is 7.70. The summed E-state index contributed by atoms with van der Waals surface area (Å²) in [6, 6.07) is 13.0. The molecule has 2 saturated heterocycles. The number of amidine groups is 1. The van der Waals surface area contributed by atoms with E-state index in [2.05, 4.69) is 35.5 Å². The van der Waals surface area contributed by atoms with Gasteiger partial charge in [-0.25, -0.2) is 4.98 Å². The topological polar surface area (TPSA) is 81.1 Å². The van der Waals surface area contributed by atoms with Crippen molar-refractivity contribution in [2.75, 3.05) is 62.6 Å². The number of likely N-dealkylation sites (tertiary alicyclic amines) is 1. The van der Waals surface area contributed by atoms with Gasteiger partial charge in [-0.1, -0.05) is 18.2 Å². The zero-order chi connectivity index (χ0) is 22.0. The smallest absolute Gasteiger partial charge is 0.286 e. The van der Waals surface area contributed by atoms with Gasteiger partial charge in [0.2, 0.25) is 0 Å². The zero-order valence-corrected chi connectivity index (χ0v) is 19.0. The molecule has 4 heterocycles. The third-order valence-corrected chi connectivity index (χ3v) is 7.89. The molecule has 0 radical (unpaired) electrons. The first kappa shape index (κ1) is 21.4. The summed E-state index contributed by atoms with van der Waals surface area (Å²) in [4.78, 5) is 12.0. The van der Waals surface area contributed by atoms with E-state index in [0.29, 0.717) is 24.0 Å². The van der Waals surface area contributed by atoms with Crippen LogP contribution in [-0.2, 0) is 10.0 Å². The van der Waals surface area contributed by atoms with Crippen molar-refractivity contribution in [3.05, 3.63) is 48.7 Å². The standard InChI is InChI=1S/C23H30N6O2S/c30-32(31)21-8-2-1-7-20(21)25-22(26-32)18-28-11-5-6-19(17-28)16-27-12-14-29(15-13-27)23-9-3-4-10-24-23/h1-4,7-10,19H,5-6,11-18H2,(H,25,26). The van der Waals surface area contributed by atoms with Crippen LogP contribution in [0.2, 0.25) is 0 Å². The van der Waals surface area contributed by atoms with Gasteiger partial charge in [0.05, 0.1) is 12.2 Å². The van der Waals surface area contributed by atoms with E-state index < -0.39 is 10.0 Å². The largest absolute Gasteiger partial charge is 0.354 e. The van der Waals surface area contributed by atoms with Gasteiger partial charge in [0, 0.05) is 45.5 Å². The highest BCUT2D eigenvalue weighted by molar-refractivity contribution is 7.90. The summed E-state index contributed by atoms with van der Waals surface area (Å²) >= 11 is 0. The number of rotatable bonds is 5. The van der Waals surface area contributed by atoms with Crippen LogP contribution < -0.4 is 10.2 Å². The molecule has 0 aliphatic carbocycles. The highest BCUT2D eigenvalue weighted by atomic mass is 32.2. The number of pyridine rings is 1. The minimum atomic E-state index is -3.63. The van der Waals surface area contributed by atoms with E-state index in [1.807, 2.05) is 24.4 Å². The Morgan fingerprint density at radius 1 is 0.969 bits per heavy atom. The summed E-state index contributed by atoms with van der Waals surface area (Å²) in [6.07, 6.45) is 4.21.